The van der Waals surface area contributed by atoms with Crippen LogP contribution in [0.5, 0.6) is 17.5 Å². The van der Waals surface area contributed by atoms with Gasteiger partial charge in [0.05, 0.1) is 18.3 Å². The van der Waals surface area contributed by atoms with Crippen LogP contribution in [0, 0.1) is 0 Å². The summed E-state index contributed by atoms with van der Waals surface area (Å²) in [4.78, 5) is 13.2. The van der Waals surface area contributed by atoms with Crippen LogP contribution in [0.25, 0.3) is 0 Å². The summed E-state index contributed by atoms with van der Waals surface area (Å²) >= 11 is 0. The Kier molecular flexibility index (Phi) is 8.00. The summed E-state index contributed by atoms with van der Waals surface area (Å²) in [6.07, 6.45) is 7.02. The Hall–Kier alpha value is -2.93. The zero-order valence-corrected chi connectivity index (χ0v) is 18.4. The third-order valence-corrected chi connectivity index (χ3v) is 5.41. The van der Waals surface area contributed by atoms with Crippen LogP contribution in [0.2, 0.25) is 0 Å². The van der Waals surface area contributed by atoms with Gasteiger partial charge in [0.15, 0.2) is 11.8 Å². The summed E-state index contributed by atoms with van der Waals surface area (Å²) in [5, 5.41) is 24.3. The van der Waals surface area contributed by atoms with E-state index in [0.717, 1.165) is 28.8 Å². The molecule has 0 aliphatic heterocycles. The van der Waals surface area contributed by atoms with Crippen LogP contribution in [0.3, 0.4) is 0 Å². The molecule has 3 rings (SSSR count). The number of hydrogen-bond donors (Lipinski definition) is 3. The van der Waals surface area contributed by atoms with Gasteiger partial charge in [0, 0.05) is 37.3 Å². The number of allylic oxidation sites excluding steroid dienone is 2. The first-order valence-electron chi connectivity index (χ1n) is 10.9. The number of rotatable bonds is 12. The van der Waals surface area contributed by atoms with Gasteiger partial charge >= 0.3 is 0 Å². The summed E-state index contributed by atoms with van der Waals surface area (Å²) in [5.41, 5.74) is 2.57. The van der Waals surface area contributed by atoms with Crippen LogP contribution in [0.4, 0.5) is 5.69 Å². The minimum Gasteiger partial charge on any atom is -0.494 e. The molecule has 1 aliphatic rings. The Morgan fingerprint density at radius 3 is 2.45 bits per heavy atom. The second-order valence-electron chi connectivity index (χ2n) is 8.05. The molecule has 168 valence electrons. The minimum atomic E-state index is 0.0949. The van der Waals surface area contributed by atoms with Crippen molar-refractivity contribution in [3.8, 4) is 17.5 Å². The maximum absolute atomic E-state index is 11.1. The second kappa shape index (κ2) is 10.9. The van der Waals surface area contributed by atoms with Crippen molar-refractivity contribution < 1.29 is 19.7 Å². The standard InChI is InChI=1S/C24H33N3O4/c1-18(2)31-22-11-6-5-10-21(22)25-12-15-26(16-17-28)13-7-14-27-23(29)19-8-3-4-9-20(19)24(27)30/h3-6,10-11,17-18,25,29-30H,7-9,12-16H2,1-2H3. The Labute approximate surface area is 183 Å². The van der Waals surface area contributed by atoms with Crippen LogP contribution in [0.1, 0.15) is 31.4 Å². The van der Waals surface area contributed by atoms with Crippen LogP contribution in [-0.2, 0) is 24.2 Å². The van der Waals surface area contributed by atoms with Crippen LogP contribution in [0.15, 0.2) is 36.4 Å². The van der Waals surface area contributed by atoms with Gasteiger partial charge in [-0.25, -0.2) is 0 Å². The van der Waals surface area contributed by atoms with Gasteiger partial charge in [0.1, 0.15) is 12.0 Å². The van der Waals surface area contributed by atoms with Gasteiger partial charge in [0.25, 0.3) is 0 Å². The number of aromatic nitrogens is 1. The third kappa shape index (κ3) is 5.82. The van der Waals surface area contributed by atoms with Gasteiger partial charge in [0.2, 0.25) is 0 Å². The van der Waals surface area contributed by atoms with Gasteiger partial charge in [-0.1, -0.05) is 24.3 Å². The lowest BCUT2D eigenvalue weighted by Crippen LogP contribution is -2.32. The fourth-order valence-corrected chi connectivity index (χ4v) is 3.91. The molecule has 1 aromatic carbocycles. The molecule has 0 fully saturated rings. The van der Waals surface area contributed by atoms with Crippen molar-refractivity contribution in [1.29, 1.82) is 0 Å². The van der Waals surface area contributed by atoms with Gasteiger partial charge in [-0.05, 0) is 45.2 Å². The molecule has 1 aliphatic carbocycles. The molecule has 0 saturated heterocycles. The molecule has 2 aromatic rings. The predicted octanol–water partition coefficient (Wildman–Crippen LogP) is 3.34. The number of aromatic hydroxyl groups is 2. The summed E-state index contributed by atoms with van der Waals surface area (Å²) < 4.78 is 7.41. The number of hydrogen-bond acceptors (Lipinski definition) is 6. The number of fused-ring (bicyclic) bond motifs is 1. The number of ether oxygens (including phenoxy) is 1. The number of carbonyl (C=O) groups is 1. The molecule has 7 nitrogen and oxygen atoms in total. The fraction of sp³-hybridized carbons (Fsp3) is 0.458. The van der Waals surface area contributed by atoms with Gasteiger partial charge < -0.3 is 25.1 Å². The highest BCUT2D eigenvalue weighted by atomic mass is 16.5. The fourth-order valence-electron chi connectivity index (χ4n) is 3.91. The highest BCUT2D eigenvalue weighted by Gasteiger charge is 2.22. The minimum absolute atomic E-state index is 0.0949. The van der Waals surface area contributed by atoms with Gasteiger partial charge in [-0.15, -0.1) is 0 Å². The number of aldehydes is 1. The molecule has 0 spiro atoms. The highest BCUT2D eigenvalue weighted by Crippen LogP contribution is 2.36. The molecule has 1 aromatic heterocycles. The predicted molar refractivity (Wildman–Crippen MR) is 122 cm³/mol. The maximum atomic E-state index is 11.1. The van der Waals surface area contributed by atoms with E-state index in [1.165, 1.54) is 0 Å². The largest absolute Gasteiger partial charge is 0.494 e. The zero-order chi connectivity index (χ0) is 22.2. The first-order valence-corrected chi connectivity index (χ1v) is 10.9. The molecule has 3 N–H and O–H groups in total. The van der Waals surface area contributed by atoms with E-state index in [0.29, 0.717) is 52.0 Å². The zero-order valence-electron chi connectivity index (χ0n) is 18.4. The van der Waals surface area contributed by atoms with E-state index in [9.17, 15) is 15.0 Å². The third-order valence-electron chi connectivity index (χ3n) is 5.41. The first-order chi connectivity index (χ1) is 15.0. The van der Waals surface area contributed by atoms with E-state index in [1.54, 1.807) is 4.57 Å². The number of para-hydroxylation sites is 2. The molecular formula is C24H33N3O4. The smallest absolute Gasteiger partial charge is 0.197 e. The number of carbonyl (C=O) groups excluding carboxylic acids is 1. The van der Waals surface area contributed by atoms with Crippen molar-refractivity contribution in [2.24, 2.45) is 0 Å². The van der Waals surface area contributed by atoms with Crippen molar-refractivity contribution in [3.05, 3.63) is 47.5 Å². The highest BCUT2D eigenvalue weighted by molar-refractivity contribution is 5.56. The molecule has 0 amide bonds. The molecule has 0 bridgehead atoms. The van der Waals surface area contributed by atoms with E-state index < -0.39 is 0 Å². The number of nitrogens with zero attached hydrogens (tertiary/aromatic N) is 2. The lowest BCUT2D eigenvalue weighted by atomic mass is 10.0. The Balaban J connectivity index is 1.51. The topological polar surface area (TPSA) is 87.0 Å². The lowest BCUT2D eigenvalue weighted by Gasteiger charge is -2.21. The van der Waals surface area contributed by atoms with E-state index in [-0.39, 0.29) is 17.9 Å². The van der Waals surface area contributed by atoms with Gasteiger partial charge in [-0.2, -0.15) is 0 Å². The quantitative estimate of drug-likeness (QED) is 0.356. The number of anilines is 1. The average Bonchev–Trinajstić information content (AvgIpc) is 2.99. The lowest BCUT2D eigenvalue weighted by molar-refractivity contribution is -0.108. The summed E-state index contributed by atoms with van der Waals surface area (Å²) in [6, 6.07) is 7.83. The Bertz CT molecular complexity index is 873. The monoisotopic (exact) mass is 427 g/mol. The van der Waals surface area contributed by atoms with Crippen molar-refractivity contribution in [2.45, 2.75) is 45.8 Å². The van der Waals surface area contributed by atoms with Crippen molar-refractivity contribution in [1.82, 2.24) is 9.47 Å². The van der Waals surface area contributed by atoms with Crippen molar-refractivity contribution >= 4 is 12.0 Å². The Morgan fingerprint density at radius 2 is 1.81 bits per heavy atom. The maximum Gasteiger partial charge on any atom is 0.197 e. The molecule has 0 atom stereocenters. The van der Waals surface area contributed by atoms with Crippen molar-refractivity contribution in [2.75, 3.05) is 31.5 Å². The summed E-state index contributed by atoms with van der Waals surface area (Å²) in [7, 11) is 0. The molecule has 0 radical (unpaired) electrons. The van der Waals surface area contributed by atoms with Crippen LogP contribution in [-0.4, -0.2) is 58.2 Å². The number of nitrogens with one attached hydrogen (secondary N) is 1. The normalized spacial score (nSPS) is 12.9. The summed E-state index contributed by atoms with van der Waals surface area (Å²) in [6.45, 7) is 6.88. The molecule has 0 saturated carbocycles. The van der Waals surface area contributed by atoms with E-state index in [4.69, 9.17) is 4.74 Å². The molecular weight excluding hydrogens is 394 g/mol. The molecule has 31 heavy (non-hydrogen) atoms. The SMILES string of the molecule is CC(C)Oc1ccccc1NCCN(CC=O)CCCn1c(O)c2c(c1O)CC=CC2. The van der Waals surface area contributed by atoms with E-state index >= 15 is 0 Å². The van der Waals surface area contributed by atoms with E-state index in [1.807, 2.05) is 50.3 Å². The average molecular weight is 428 g/mol. The number of benzene rings is 1. The van der Waals surface area contributed by atoms with Crippen LogP contribution >= 0.6 is 0 Å². The molecule has 1 heterocycles. The summed E-state index contributed by atoms with van der Waals surface area (Å²) in [5.74, 6) is 1.13. The Morgan fingerprint density at radius 1 is 1.13 bits per heavy atom. The van der Waals surface area contributed by atoms with E-state index in [2.05, 4.69) is 10.2 Å². The molecule has 0 unspecified atom stereocenters. The van der Waals surface area contributed by atoms with Crippen molar-refractivity contribution in [3.63, 3.8) is 0 Å². The van der Waals surface area contributed by atoms with Crippen LogP contribution < -0.4 is 10.1 Å². The second-order valence-corrected chi connectivity index (χ2v) is 8.05. The van der Waals surface area contributed by atoms with Gasteiger partial charge in [-0.3, -0.25) is 9.47 Å². The molecule has 7 heteroatoms. The first kappa shape index (κ1) is 22.7.